The van der Waals surface area contributed by atoms with E-state index in [0.29, 0.717) is 11.1 Å². The second-order valence-corrected chi connectivity index (χ2v) is 6.01. The number of amides is 2. The molecule has 0 aliphatic carbocycles. The molecule has 0 fully saturated rings. The summed E-state index contributed by atoms with van der Waals surface area (Å²) in [5.74, 6) is -0.403. The molecule has 0 bridgehead atoms. The Hall–Kier alpha value is -2.42. The Labute approximate surface area is 130 Å². The average molecular weight is 293 g/mol. The van der Waals surface area contributed by atoms with Gasteiger partial charge in [0.05, 0.1) is 17.2 Å². The number of rotatable bonds is 2. The Morgan fingerprint density at radius 2 is 1.32 bits per heavy atom. The fourth-order valence-corrected chi connectivity index (χ4v) is 3.54. The lowest BCUT2D eigenvalue weighted by molar-refractivity contribution is 0.0594. The van der Waals surface area contributed by atoms with Crippen LogP contribution in [0.5, 0.6) is 0 Å². The number of fused-ring (bicyclic) bond motifs is 1. The summed E-state index contributed by atoms with van der Waals surface area (Å²) in [5.41, 5.74) is 5.47. The SMILES string of the molecule is Cc1cc(C)c([C@H](C)N2C(=O)c3ccccc3C2=O)c(C)c1. The van der Waals surface area contributed by atoms with Crippen molar-refractivity contribution in [3.8, 4) is 0 Å². The largest absolute Gasteiger partial charge is 0.269 e. The number of carbonyl (C=O) groups is 2. The van der Waals surface area contributed by atoms with Crippen LogP contribution >= 0.6 is 0 Å². The van der Waals surface area contributed by atoms with Crippen molar-refractivity contribution in [1.29, 1.82) is 0 Å². The van der Waals surface area contributed by atoms with Gasteiger partial charge in [0.1, 0.15) is 0 Å². The van der Waals surface area contributed by atoms with Gasteiger partial charge in [0.2, 0.25) is 0 Å². The van der Waals surface area contributed by atoms with Gasteiger partial charge in [0.15, 0.2) is 0 Å². The van der Waals surface area contributed by atoms with Crippen LogP contribution in [-0.4, -0.2) is 16.7 Å². The van der Waals surface area contributed by atoms with Crippen LogP contribution in [0.3, 0.4) is 0 Å². The van der Waals surface area contributed by atoms with E-state index in [9.17, 15) is 9.59 Å². The number of aryl methyl sites for hydroxylation is 3. The van der Waals surface area contributed by atoms with Gasteiger partial charge < -0.3 is 0 Å². The first-order valence-corrected chi connectivity index (χ1v) is 7.46. The second-order valence-electron chi connectivity index (χ2n) is 6.01. The molecule has 0 aromatic heterocycles. The fraction of sp³-hybridized carbons (Fsp3) is 0.263. The van der Waals surface area contributed by atoms with Crippen molar-refractivity contribution in [2.24, 2.45) is 0 Å². The lowest BCUT2D eigenvalue weighted by atomic mass is 9.94. The molecule has 3 nitrogen and oxygen atoms in total. The predicted molar refractivity (Wildman–Crippen MR) is 86.0 cm³/mol. The highest BCUT2D eigenvalue weighted by atomic mass is 16.2. The van der Waals surface area contributed by atoms with Crippen molar-refractivity contribution < 1.29 is 9.59 Å². The van der Waals surface area contributed by atoms with Gasteiger partial charge in [-0.05, 0) is 56.5 Å². The van der Waals surface area contributed by atoms with Gasteiger partial charge in [-0.15, -0.1) is 0 Å². The van der Waals surface area contributed by atoms with Crippen LogP contribution < -0.4 is 0 Å². The Kier molecular flexibility index (Phi) is 3.36. The highest BCUT2D eigenvalue weighted by Crippen LogP contribution is 2.34. The number of carbonyl (C=O) groups excluding carboxylic acids is 2. The molecule has 1 heterocycles. The molecule has 0 saturated heterocycles. The first-order valence-electron chi connectivity index (χ1n) is 7.46. The van der Waals surface area contributed by atoms with E-state index in [4.69, 9.17) is 0 Å². The standard InChI is InChI=1S/C19H19NO2/c1-11-9-12(2)17(13(3)10-11)14(4)20-18(21)15-7-5-6-8-16(15)19(20)22/h5-10,14H,1-4H3/t14-/m0/s1. The molecule has 0 spiro atoms. The lowest BCUT2D eigenvalue weighted by Gasteiger charge is -2.26. The maximum Gasteiger partial charge on any atom is 0.262 e. The summed E-state index contributed by atoms with van der Waals surface area (Å²) in [7, 11) is 0. The van der Waals surface area contributed by atoms with Crippen LogP contribution in [0.15, 0.2) is 36.4 Å². The van der Waals surface area contributed by atoms with Gasteiger partial charge in [-0.25, -0.2) is 0 Å². The van der Waals surface area contributed by atoms with E-state index in [1.165, 1.54) is 10.5 Å². The minimum Gasteiger partial charge on any atom is -0.269 e. The minimum atomic E-state index is -0.270. The minimum absolute atomic E-state index is 0.201. The zero-order chi connectivity index (χ0) is 16.0. The summed E-state index contributed by atoms with van der Waals surface area (Å²) in [4.78, 5) is 26.6. The summed E-state index contributed by atoms with van der Waals surface area (Å²) in [5, 5.41) is 0. The summed E-state index contributed by atoms with van der Waals surface area (Å²) in [6.45, 7) is 8.04. The smallest absolute Gasteiger partial charge is 0.262 e. The van der Waals surface area contributed by atoms with Crippen LogP contribution in [0.2, 0.25) is 0 Å². The van der Waals surface area contributed by atoms with E-state index in [0.717, 1.165) is 16.7 Å². The van der Waals surface area contributed by atoms with Gasteiger partial charge in [-0.2, -0.15) is 0 Å². The topological polar surface area (TPSA) is 37.4 Å². The van der Waals surface area contributed by atoms with E-state index in [2.05, 4.69) is 19.1 Å². The second kappa shape index (κ2) is 5.09. The summed E-state index contributed by atoms with van der Waals surface area (Å²) in [6.07, 6.45) is 0. The maximum absolute atomic E-state index is 12.6. The molecular weight excluding hydrogens is 274 g/mol. The highest BCUT2D eigenvalue weighted by molar-refractivity contribution is 6.21. The lowest BCUT2D eigenvalue weighted by Crippen LogP contribution is -2.33. The molecule has 0 saturated carbocycles. The highest BCUT2D eigenvalue weighted by Gasteiger charge is 2.39. The van der Waals surface area contributed by atoms with Gasteiger partial charge >= 0.3 is 0 Å². The van der Waals surface area contributed by atoms with Crippen LogP contribution in [0, 0.1) is 20.8 Å². The van der Waals surface area contributed by atoms with E-state index in [1.807, 2.05) is 20.8 Å². The van der Waals surface area contributed by atoms with Crippen LogP contribution in [-0.2, 0) is 0 Å². The van der Waals surface area contributed by atoms with Crippen molar-refractivity contribution in [3.63, 3.8) is 0 Å². The molecule has 0 unspecified atom stereocenters. The third kappa shape index (κ3) is 2.05. The Bertz CT molecular complexity index is 734. The monoisotopic (exact) mass is 293 g/mol. The van der Waals surface area contributed by atoms with E-state index >= 15 is 0 Å². The fourth-order valence-electron chi connectivity index (χ4n) is 3.54. The van der Waals surface area contributed by atoms with Crippen molar-refractivity contribution >= 4 is 11.8 Å². The molecule has 1 aliphatic rings. The van der Waals surface area contributed by atoms with E-state index < -0.39 is 0 Å². The number of nitrogens with zero attached hydrogens (tertiary/aromatic N) is 1. The molecule has 22 heavy (non-hydrogen) atoms. The predicted octanol–water partition coefficient (Wildman–Crippen LogP) is 3.97. The van der Waals surface area contributed by atoms with E-state index in [-0.39, 0.29) is 17.9 Å². The Morgan fingerprint density at radius 3 is 1.77 bits per heavy atom. The molecule has 2 aromatic rings. The Balaban J connectivity index is 2.07. The number of hydrogen-bond acceptors (Lipinski definition) is 2. The quantitative estimate of drug-likeness (QED) is 0.786. The first kappa shape index (κ1) is 14.5. The molecule has 112 valence electrons. The molecule has 3 heteroatoms. The summed E-state index contributed by atoms with van der Waals surface area (Å²) < 4.78 is 0. The first-order chi connectivity index (χ1) is 10.4. The van der Waals surface area contributed by atoms with Crippen molar-refractivity contribution in [2.75, 3.05) is 0 Å². The third-order valence-electron chi connectivity index (χ3n) is 4.37. The molecule has 2 amide bonds. The summed E-state index contributed by atoms with van der Waals surface area (Å²) >= 11 is 0. The maximum atomic E-state index is 12.6. The zero-order valence-electron chi connectivity index (χ0n) is 13.3. The van der Waals surface area contributed by atoms with Gasteiger partial charge in [0.25, 0.3) is 11.8 Å². The molecule has 0 N–H and O–H groups in total. The normalized spacial score (nSPS) is 15.2. The van der Waals surface area contributed by atoms with Crippen LogP contribution in [0.1, 0.15) is 55.9 Å². The summed E-state index contributed by atoms with van der Waals surface area (Å²) in [6, 6.07) is 10.9. The van der Waals surface area contributed by atoms with Gasteiger partial charge in [-0.3, -0.25) is 14.5 Å². The average Bonchev–Trinajstić information content (AvgIpc) is 2.70. The number of benzene rings is 2. The zero-order valence-corrected chi connectivity index (χ0v) is 13.3. The Morgan fingerprint density at radius 1 is 0.864 bits per heavy atom. The van der Waals surface area contributed by atoms with Crippen molar-refractivity contribution in [3.05, 3.63) is 69.8 Å². The molecule has 3 rings (SSSR count). The molecule has 1 aliphatic heterocycles. The molecule has 1 atom stereocenters. The third-order valence-corrected chi connectivity index (χ3v) is 4.37. The van der Waals surface area contributed by atoms with Crippen LogP contribution in [0.25, 0.3) is 0 Å². The number of hydrogen-bond donors (Lipinski definition) is 0. The van der Waals surface area contributed by atoms with Gasteiger partial charge in [-0.1, -0.05) is 29.8 Å². The molecular formula is C19H19NO2. The van der Waals surface area contributed by atoms with Crippen LogP contribution in [0.4, 0.5) is 0 Å². The number of imide groups is 1. The van der Waals surface area contributed by atoms with Gasteiger partial charge in [0, 0.05) is 0 Å². The van der Waals surface area contributed by atoms with E-state index in [1.54, 1.807) is 24.3 Å². The van der Waals surface area contributed by atoms with Crippen molar-refractivity contribution in [2.45, 2.75) is 33.7 Å². The molecule has 0 radical (unpaired) electrons. The van der Waals surface area contributed by atoms with Crippen molar-refractivity contribution in [1.82, 2.24) is 4.90 Å². The molecule has 2 aromatic carbocycles.